The molecule has 0 saturated carbocycles. The van der Waals surface area contributed by atoms with Crippen molar-refractivity contribution in [3.63, 3.8) is 0 Å². The molecule has 0 heterocycles. The van der Waals surface area contributed by atoms with E-state index < -0.39 is 0 Å². The van der Waals surface area contributed by atoms with Crippen LogP contribution in [0.3, 0.4) is 0 Å². The molecular formula is C17H29NO. The van der Waals surface area contributed by atoms with Gasteiger partial charge in [-0.3, -0.25) is 0 Å². The number of nitrogens with one attached hydrogen (secondary N) is 1. The van der Waals surface area contributed by atoms with E-state index in [4.69, 9.17) is 4.74 Å². The molecule has 0 aliphatic heterocycles. The van der Waals surface area contributed by atoms with Crippen LogP contribution >= 0.6 is 0 Å². The Labute approximate surface area is 118 Å². The molecule has 108 valence electrons. The average molecular weight is 263 g/mol. The Hall–Kier alpha value is -1.02. The van der Waals surface area contributed by atoms with Crippen LogP contribution in [0.4, 0.5) is 0 Å². The van der Waals surface area contributed by atoms with E-state index in [0.29, 0.717) is 5.92 Å². The first-order valence-electron chi connectivity index (χ1n) is 7.61. The summed E-state index contributed by atoms with van der Waals surface area (Å²) in [6, 6.07) is 8.58. The minimum atomic E-state index is 0.604. The number of benzene rings is 1. The first kappa shape index (κ1) is 16.0. The largest absolute Gasteiger partial charge is 0.497 e. The van der Waals surface area contributed by atoms with E-state index >= 15 is 0 Å². The van der Waals surface area contributed by atoms with E-state index in [0.717, 1.165) is 24.8 Å². The predicted octanol–water partition coefficient (Wildman–Crippen LogP) is 4.21. The van der Waals surface area contributed by atoms with Gasteiger partial charge in [-0.2, -0.15) is 0 Å². The average Bonchev–Trinajstić information content (AvgIpc) is 2.47. The molecule has 0 spiro atoms. The molecule has 1 aromatic rings. The Balaban J connectivity index is 2.80. The molecule has 19 heavy (non-hydrogen) atoms. The van der Waals surface area contributed by atoms with Crippen molar-refractivity contribution in [2.75, 3.05) is 20.2 Å². The van der Waals surface area contributed by atoms with Crippen molar-refractivity contribution in [3.05, 3.63) is 29.8 Å². The predicted molar refractivity (Wildman–Crippen MR) is 83.0 cm³/mol. The van der Waals surface area contributed by atoms with Gasteiger partial charge in [-0.25, -0.2) is 0 Å². The van der Waals surface area contributed by atoms with Crippen LogP contribution in [0, 0.1) is 5.92 Å². The monoisotopic (exact) mass is 263 g/mol. The lowest BCUT2D eigenvalue weighted by Crippen LogP contribution is -2.27. The molecule has 0 radical (unpaired) electrons. The van der Waals surface area contributed by atoms with Gasteiger partial charge in [-0.1, -0.05) is 45.7 Å². The molecule has 0 fully saturated rings. The zero-order valence-corrected chi connectivity index (χ0v) is 12.9. The smallest absolute Gasteiger partial charge is 0.118 e. The van der Waals surface area contributed by atoms with Crippen molar-refractivity contribution >= 4 is 0 Å². The number of hydrogen-bond donors (Lipinski definition) is 1. The highest BCUT2D eigenvalue weighted by Crippen LogP contribution is 2.30. The van der Waals surface area contributed by atoms with Crippen LogP contribution in [0.15, 0.2) is 24.3 Å². The summed E-state index contributed by atoms with van der Waals surface area (Å²) in [5.74, 6) is 2.29. The van der Waals surface area contributed by atoms with Crippen molar-refractivity contribution in [1.29, 1.82) is 0 Å². The highest BCUT2D eigenvalue weighted by Gasteiger charge is 2.20. The Morgan fingerprint density at radius 2 is 1.68 bits per heavy atom. The van der Waals surface area contributed by atoms with Gasteiger partial charge in [-0.15, -0.1) is 0 Å². The van der Waals surface area contributed by atoms with E-state index in [1.807, 2.05) is 0 Å². The molecule has 0 aromatic heterocycles. The summed E-state index contributed by atoms with van der Waals surface area (Å²) in [5, 5.41) is 3.58. The number of hydrogen-bond acceptors (Lipinski definition) is 2. The maximum absolute atomic E-state index is 5.24. The van der Waals surface area contributed by atoms with Gasteiger partial charge in [0.1, 0.15) is 5.75 Å². The fourth-order valence-corrected chi connectivity index (χ4v) is 2.70. The summed E-state index contributed by atoms with van der Waals surface area (Å²) >= 11 is 0. The van der Waals surface area contributed by atoms with Gasteiger partial charge < -0.3 is 10.1 Å². The van der Waals surface area contributed by atoms with Gasteiger partial charge in [-0.05, 0) is 42.5 Å². The summed E-state index contributed by atoms with van der Waals surface area (Å²) in [4.78, 5) is 0. The molecule has 1 unspecified atom stereocenters. The van der Waals surface area contributed by atoms with Gasteiger partial charge >= 0.3 is 0 Å². The molecule has 1 rings (SSSR count). The summed E-state index contributed by atoms with van der Waals surface area (Å²) in [6.45, 7) is 8.99. The first-order valence-corrected chi connectivity index (χ1v) is 7.61. The first-order chi connectivity index (χ1) is 9.26. The normalized spacial score (nSPS) is 12.7. The van der Waals surface area contributed by atoms with Crippen LogP contribution in [0.2, 0.25) is 0 Å². The summed E-state index contributed by atoms with van der Waals surface area (Å²) < 4.78 is 5.24. The van der Waals surface area contributed by atoms with E-state index in [9.17, 15) is 0 Å². The lowest BCUT2D eigenvalue weighted by atomic mass is 9.82. The maximum atomic E-state index is 5.24. The van der Waals surface area contributed by atoms with Crippen molar-refractivity contribution in [2.24, 2.45) is 5.92 Å². The number of methoxy groups -OCH3 is 1. The zero-order valence-electron chi connectivity index (χ0n) is 12.9. The molecule has 1 N–H and O–H groups in total. The van der Waals surface area contributed by atoms with Crippen molar-refractivity contribution in [1.82, 2.24) is 5.32 Å². The SMILES string of the molecule is CCCNCC(c1ccc(OC)cc1)C(CC)CC. The van der Waals surface area contributed by atoms with E-state index in [-0.39, 0.29) is 0 Å². The number of ether oxygens (including phenoxy) is 1. The highest BCUT2D eigenvalue weighted by atomic mass is 16.5. The maximum Gasteiger partial charge on any atom is 0.118 e. The molecule has 0 bridgehead atoms. The van der Waals surface area contributed by atoms with Crippen molar-refractivity contribution in [2.45, 2.75) is 46.0 Å². The molecule has 2 nitrogen and oxygen atoms in total. The van der Waals surface area contributed by atoms with Crippen LogP contribution in [0.25, 0.3) is 0 Å². The minimum Gasteiger partial charge on any atom is -0.497 e. The third-order valence-electron chi connectivity index (χ3n) is 3.95. The van der Waals surface area contributed by atoms with Crippen LogP contribution < -0.4 is 10.1 Å². The Bertz CT molecular complexity index is 330. The van der Waals surface area contributed by atoms with Gasteiger partial charge in [0, 0.05) is 6.54 Å². The Morgan fingerprint density at radius 3 is 2.16 bits per heavy atom. The molecule has 0 saturated heterocycles. The van der Waals surface area contributed by atoms with Crippen molar-refractivity contribution in [3.8, 4) is 5.75 Å². The second kappa shape index (κ2) is 8.98. The lowest BCUT2D eigenvalue weighted by molar-refractivity contribution is 0.379. The fourth-order valence-electron chi connectivity index (χ4n) is 2.70. The van der Waals surface area contributed by atoms with Crippen LogP contribution in [0.1, 0.15) is 51.5 Å². The summed E-state index contributed by atoms with van der Waals surface area (Å²) in [7, 11) is 1.72. The Kier molecular flexibility index (Phi) is 7.57. The molecule has 0 aliphatic rings. The second-order valence-corrected chi connectivity index (χ2v) is 5.16. The summed E-state index contributed by atoms with van der Waals surface area (Å²) in [6.07, 6.45) is 3.67. The molecule has 0 aliphatic carbocycles. The minimum absolute atomic E-state index is 0.604. The number of rotatable bonds is 9. The third kappa shape index (κ3) is 4.87. The lowest BCUT2D eigenvalue weighted by Gasteiger charge is -2.26. The van der Waals surface area contributed by atoms with E-state index in [1.165, 1.54) is 24.8 Å². The zero-order chi connectivity index (χ0) is 14.1. The van der Waals surface area contributed by atoms with Gasteiger partial charge in [0.05, 0.1) is 7.11 Å². The van der Waals surface area contributed by atoms with Gasteiger partial charge in [0.15, 0.2) is 0 Å². The molecule has 1 atom stereocenters. The van der Waals surface area contributed by atoms with Crippen LogP contribution in [-0.2, 0) is 0 Å². The Morgan fingerprint density at radius 1 is 1.05 bits per heavy atom. The van der Waals surface area contributed by atoms with Gasteiger partial charge in [0.25, 0.3) is 0 Å². The molecule has 0 amide bonds. The van der Waals surface area contributed by atoms with Crippen LogP contribution in [-0.4, -0.2) is 20.2 Å². The summed E-state index contributed by atoms with van der Waals surface area (Å²) in [5.41, 5.74) is 1.43. The molecule has 1 aromatic carbocycles. The fraction of sp³-hybridized carbons (Fsp3) is 0.647. The van der Waals surface area contributed by atoms with E-state index in [2.05, 4.69) is 50.4 Å². The van der Waals surface area contributed by atoms with Gasteiger partial charge in [0.2, 0.25) is 0 Å². The topological polar surface area (TPSA) is 21.3 Å². The third-order valence-corrected chi connectivity index (χ3v) is 3.95. The van der Waals surface area contributed by atoms with E-state index in [1.54, 1.807) is 7.11 Å². The van der Waals surface area contributed by atoms with Crippen LogP contribution in [0.5, 0.6) is 5.75 Å². The van der Waals surface area contributed by atoms with Crippen molar-refractivity contribution < 1.29 is 4.74 Å². The highest BCUT2D eigenvalue weighted by molar-refractivity contribution is 5.30. The quantitative estimate of drug-likeness (QED) is 0.674. The molecule has 2 heteroatoms. The second-order valence-electron chi connectivity index (χ2n) is 5.16. The molecular weight excluding hydrogens is 234 g/mol. The standard InChI is InChI=1S/C17H29NO/c1-5-12-18-13-17(14(6-2)7-3)15-8-10-16(19-4)11-9-15/h8-11,14,17-18H,5-7,12-13H2,1-4H3.